The van der Waals surface area contributed by atoms with Crippen LogP contribution in [-0.4, -0.2) is 11.6 Å². The predicted octanol–water partition coefficient (Wildman–Crippen LogP) is 4.49. The first-order valence-electron chi connectivity index (χ1n) is 7.74. The molecule has 0 saturated carbocycles. The van der Waals surface area contributed by atoms with Crippen LogP contribution in [0.1, 0.15) is 17.5 Å². The zero-order valence-electron chi connectivity index (χ0n) is 12.9. The van der Waals surface area contributed by atoms with Gasteiger partial charge < -0.3 is 10.5 Å². The molecule has 2 nitrogen and oxygen atoms in total. The molecule has 3 aromatic carbocycles. The molecule has 0 atom stereocenters. The Bertz CT molecular complexity index is 814. The highest BCUT2D eigenvalue weighted by atomic mass is 32.1. The number of aryl methyl sites for hydroxylation is 1. The molecule has 23 heavy (non-hydrogen) atoms. The van der Waals surface area contributed by atoms with Crippen LogP contribution < -0.4 is 10.5 Å². The van der Waals surface area contributed by atoms with Crippen molar-refractivity contribution in [3.63, 3.8) is 0 Å². The maximum atomic E-state index is 5.96. The highest BCUT2D eigenvalue weighted by molar-refractivity contribution is 7.80. The maximum Gasteiger partial charge on any atom is 0.130 e. The SMILES string of the molecule is NC(=S)c1c(OCCCc2ccccc2)ccc2ccccc12. The standard InChI is InChI=1S/C20H19NOS/c21-20(23)19-17-11-5-4-10-16(17)12-13-18(19)22-14-6-9-15-7-2-1-3-8-15/h1-5,7-8,10-13H,6,9,14H2,(H2,21,23). The topological polar surface area (TPSA) is 35.2 Å². The molecule has 0 amide bonds. The zero-order chi connectivity index (χ0) is 16.1. The van der Waals surface area contributed by atoms with Crippen LogP contribution in [0.5, 0.6) is 5.75 Å². The van der Waals surface area contributed by atoms with Crippen molar-refractivity contribution in [2.24, 2.45) is 5.73 Å². The third-order valence-electron chi connectivity index (χ3n) is 3.85. The Kier molecular flexibility index (Phi) is 4.89. The summed E-state index contributed by atoms with van der Waals surface area (Å²) in [6.45, 7) is 0.642. The maximum absolute atomic E-state index is 5.96. The molecular formula is C20H19NOS. The van der Waals surface area contributed by atoms with Gasteiger partial charge in [0, 0.05) is 0 Å². The van der Waals surface area contributed by atoms with Gasteiger partial charge in [-0.1, -0.05) is 72.9 Å². The number of hydrogen-bond acceptors (Lipinski definition) is 2. The highest BCUT2D eigenvalue weighted by Gasteiger charge is 2.11. The van der Waals surface area contributed by atoms with E-state index in [0.717, 1.165) is 34.9 Å². The lowest BCUT2D eigenvalue weighted by molar-refractivity contribution is 0.311. The number of benzene rings is 3. The quantitative estimate of drug-likeness (QED) is 0.537. The summed E-state index contributed by atoms with van der Waals surface area (Å²) in [7, 11) is 0. The van der Waals surface area contributed by atoms with Crippen molar-refractivity contribution in [3.8, 4) is 5.75 Å². The summed E-state index contributed by atoms with van der Waals surface area (Å²) in [5, 5.41) is 2.16. The van der Waals surface area contributed by atoms with Gasteiger partial charge in [0.25, 0.3) is 0 Å². The molecule has 0 fully saturated rings. The minimum absolute atomic E-state index is 0.375. The summed E-state index contributed by atoms with van der Waals surface area (Å²) in [5.74, 6) is 0.768. The number of hydrogen-bond donors (Lipinski definition) is 1. The largest absolute Gasteiger partial charge is 0.493 e. The summed E-state index contributed by atoms with van der Waals surface area (Å²) in [4.78, 5) is 0.375. The van der Waals surface area contributed by atoms with Gasteiger partial charge in [0.2, 0.25) is 0 Å². The van der Waals surface area contributed by atoms with E-state index in [1.807, 2.05) is 36.4 Å². The fraction of sp³-hybridized carbons (Fsp3) is 0.150. The Hall–Kier alpha value is -2.39. The molecular weight excluding hydrogens is 302 g/mol. The van der Waals surface area contributed by atoms with E-state index in [9.17, 15) is 0 Å². The number of ether oxygens (including phenoxy) is 1. The second-order valence-electron chi connectivity index (χ2n) is 5.46. The van der Waals surface area contributed by atoms with Crippen LogP contribution in [0.2, 0.25) is 0 Å². The van der Waals surface area contributed by atoms with Gasteiger partial charge in [-0.15, -0.1) is 0 Å². The third-order valence-corrected chi connectivity index (χ3v) is 4.05. The molecule has 116 valence electrons. The predicted molar refractivity (Wildman–Crippen MR) is 100 cm³/mol. The minimum atomic E-state index is 0.375. The summed E-state index contributed by atoms with van der Waals surface area (Å²) < 4.78 is 5.96. The van der Waals surface area contributed by atoms with Crippen molar-refractivity contribution in [2.75, 3.05) is 6.61 Å². The highest BCUT2D eigenvalue weighted by Crippen LogP contribution is 2.28. The first-order chi connectivity index (χ1) is 11.3. The van der Waals surface area contributed by atoms with E-state index in [-0.39, 0.29) is 0 Å². The van der Waals surface area contributed by atoms with E-state index in [1.54, 1.807) is 0 Å². The minimum Gasteiger partial charge on any atom is -0.493 e. The molecule has 2 N–H and O–H groups in total. The zero-order valence-corrected chi connectivity index (χ0v) is 13.7. The van der Waals surface area contributed by atoms with Gasteiger partial charge in [0.05, 0.1) is 12.2 Å². The second kappa shape index (κ2) is 7.25. The van der Waals surface area contributed by atoms with Gasteiger partial charge >= 0.3 is 0 Å². The monoisotopic (exact) mass is 321 g/mol. The van der Waals surface area contributed by atoms with Crippen LogP contribution in [0.3, 0.4) is 0 Å². The molecule has 0 aliphatic carbocycles. The first kappa shape index (κ1) is 15.5. The van der Waals surface area contributed by atoms with E-state index in [1.165, 1.54) is 5.56 Å². The van der Waals surface area contributed by atoms with Crippen LogP contribution >= 0.6 is 12.2 Å². The normalized spacial score (nSPS) is 10.6. The number of nitrogens with two attached hydrogens (primary N) is 1. The number of fused-ring (bicyclic) bond motifs is 1. The Morgan fingerprint density at radius 2 is 1.65 bits per heavy atom. The van der Waals surface area contributed by atoms with E-state index in [2.05, 4.69) is 30.3 Å². The molecule has 3 heteroatoms. The smallest absolute Gasteiger partial charge is 0.130 e. The van der Waals surface area contributed by atoms with Gasteiger partial charge in [-0.25, -0.2) is 0 Å². The molecule has 0 heterocycles. The van der Waals surface area contributed by atoms with Gasteiger partial charge in [-0.3, -0.25) is 0 Å². The molecule has 0 aliphatic heterocycles. The van der Waals surface area contributed by atoms with Crippen molar-refractivity contribution in [1.82, 2.24) is 0 Å². The molecule has 0 saturated heterocycles. The number of thiocarbonyl (C=S) groups is 1. The Morgan fingerprint density at radius 3 is 2.43 bits per heavy atom. The molecule has 0 radical (unpaired) electrons. The van der Waals surface area contributed by atoms with E-state index >= 15 is 0 Å². The van der Waals surface area contributed by atoms with Crippen LogP contribution in [-0.2, 0) is 6.42 Å². The molecule has 0 bridgehead atoms. The summed E-state index contributed by atoms with van der Waals surface area (Å²) in [6, 6.07) is 22.5. The molecule has 3 aromatic rings. The van der Waals surface area contributed by atoms with Crippen molar-refractivity contribution in [2.45, 2.75) is 12.8 Å². The van der Waals surface area contributed by atoms with Crippen LogP contribution in [0.15, 0.2) is 66.7 Å². The fourth-order valence-corrected chi connectivity index (χ4v) is 2.94. The summed E-state index contributed by atoms with van der Waals surface area (Å²) >= 11 is 5.23. The Labute approximate surface area is 141 Å². The van der Waals surface area contributed by atoms with Crippen LogP contribution in [0, 0.1) is 0 Å². The van der Waals surface area contributed by atoms with Gasteiger partial charge in [-0.2, -0.15) is 0 Å². The molecule has 0 spiro atoms. The third kappa shape index (κ3) is 3.69. The lowest BCUT2D eigenvalue weighted by Gasteiger charge is -2.13. The van der Waals surface area contributed by atoms with E-state index < -0.39 is 0 Å². The Morgan fingerprint density at radius 1 is 0.913 bits per heavy atom. The van der Waals surface area contributed by atoms with Crippen LogP contribution in [0.4, 0.5) is 0 Å². The van der Waals surface area contributed by atoms with Gasteiger partial charge in [-0.05, 0) is 35.2 Å². The molecule has 3 rings (SSSR count). The molecule has 0 aromatic heterocycles. The van der Waals surface area contributed by atoms with E-state index in [4.69, 9.17) is 22.7 Å². The van der Waals surface area contributed by atoms with Gasteiger partial charge in [0.15, 0.2) is 0 Å². The summed E-state index contributed by atoms with van der Waals surface area (Å²) in [5.41, 5.74) is 8.08. The lowest BCUT2D eigenvalue weighted by Crippen LogP contribution is -2.13. The molecule has 0 unspecified atom stereocenters. The first-order valence-corrected chi connectivity index (χ1v) is 8.15. The van der Waals surface area contributed by atoms with E-state index in [0.29, 0.717) is 11.6 Å². The van der Waals surface area contributed by atoms with Crippen molar-refractivity contribution < 1.29 is 4.74 Å². The van der Waals surface area contributed by atoms with Crippen molar-refractivity contribution >= 4 is 28.0 Å². The summed E-state index contributed by atoms with van der Waals surface area (Å²) in [6.07, 6.45) is 1.95. The van der Waals surface area contributed by atoms with Crippen molar-refractivity contribution in [1.29, 1.82) is 0 Å². The van der Waals surface area contributed by atoms with Crippen LogP contribution in [0.25, 0.3) is 10.8 Å². The fourth-order valence-electron chi connectivity index (χ4n) is 2.73. The van der Waals surface area contributed by atoms with Gasteiger partial charge in [0.1, 0.15) is 10.7 Å². The lowest BCUT2D eigenvalue weighted by atomic mass is 10.0. The number of rotatable bonds is 6. The second-order valence-corrected chi connectivity index (χ2v) is 5.90. The average molecular weight is 321 g/mol. The van der Waals surface area contributed by atoms with Crippen molar-refractivity contribution in [3.05, 3.63) is 77.9 Å². The average Bonchev–Trinajstić information content (AvgIpc) is 2.59. The Balaban J connectivity index is 1.72. The molecule has 0 aliphatic rings.